The van der Waals surface area contributed by atoms with Gasteiger partial charge in [-0.1, -0.05) is 30.3 Å². The number of ketones is 1. The summed E-state index contributed by atoms with van der Waals surface area (Å²) in [4.78, 5) is 15.0. The van der Waals surface area contributed by atoms with Crippen LogP contribution >= 0.6 is 0 Å². The summed E-state index contributed by atoms with van der Waals surface area (Å²) in [5, 5.41) is 0. The molecule has 1 aromatic carbocycles. The van der Waals surface area contributed by atoms with Crippen molar-refractivity contribution in [2.24, 2.45) is 5.92 Å². The van der Waals surface area contributed by atoms with E-state index in [1.54, 1.807) is 0 Å². The highest BCUT2D eigenvalue weighted by atomic mass is 16.5. The van der Waals surface area contributed by atoms with E-state index in [2.05, 4.69) is 23.1 Å². The molecule has 3 heteroatoms. The van der Waals surface area contributed by atoms with E-state index in [9.17, 15) is 4.79 Å². The first-order chi connectivity index (χ1) is 10.3. The van der Waals surface area contributed by atoms with Gasteiger partial charge in [0.05, 0.1) is 13.2 Å². The maximum Gasteiger partial charge on any atom is 0.163 e. The highest BCUT2D eigenvalue weighted by Crippen LogP contribution is 2.27. The summed E-state index contributed by atoms with van der Waals surface area (Å²) < 4.78 is 5.38. The van der Waals surface area contributed by atoms with Crippen molar-refractivity contribution >= 4 is 11.9 Å². The average molecular weight is 285 g/mol. The monoisotopic (exact) mass is 285 g/mol. The fraction of sp³-hybridized carbons (Fsp3) is 0.500. The van der Waals surface area contributed by atoms with Gasteiger partial charge in [-0.2, -0.15) is 0 Å². The van der Waals surface area contributed by atoms with Crippen LogP contribution in [-0.2, 0) is 9.53 Å². The van der Waals surface area contributed by atoms with Crippen LogP contribution in [-0.4, -0.2) is 43.5 Å². The summed E-state index contributed by atoms with van der Waals surface area (Å²) in [5.74, 6) is 0.531. The van der Waals surface area contributed by atoms with Crippen LogP contribution in [0.15, 0.2) is 35.9 Å². The zero-order valence-corrected chi connectivity index (χ0v) is 12.5. The average Bonchev–Trinajstić information content (AvgIpc) is 2.53. The van der Waals surface area contributed by atoms with E-state index in [4.69, 9.17) is 4.74 Å². The molecular formula is C18H23NO2. The second-order valence-corrected chi connectivity index (χ2v) is 5.95. The molecule has 1 aliphatic heterocycles. The summed E-state index contributed by atoms with van der Waals surface area (Å²) >= 11 is 0. The lowest BCUT2D eigenvalue weighted by atomic mass is 9.83. The quantitative estimate of drug-likeness (QED) is 0.800. The molecule has 2 fully saturated rings. The molecule has 0 unspecified atom stereocenters. The van der Waals surface area contributed by atoms with Crippen molar-refractivity contribution in [1.29, 1.82) is 0 Å². The second kappa shape index (κ2) is 7.01. The van der Waals surface area contributed by atoms with Gasteiger partial charge < -0.3 is 4.74 Å². The highest BCUT2D eigenvalue weighted by Gasteiger charge is 2.28. The van der Waals surface area contributed by atoms with E-state index < -0.39 is 0 Å². The van der Waals surface area contributed by atoms with Crippen LogP contribution in [0.4, 0.5) is 0 Å². The second-order valence-electron chi connectivity index (χ2n) is 5.95. The molecule has 0 radical (unpaired) electrons. The number of ether oxygens (including phenoxy) is 1. The topological polar surface area (TPSA) is 29.5 Å². The van der Waals surface area contributed by atoms with E-state index >= 15 is 0 Å². The maximum absolute atomic E-state index is 12.7. The number of rotatable bonds is 3. The Morgan fingerprint density at radius 2 is 1.95 bits per heavy atom. The van der Waals surface area contributed by atoms with Gasteiger partial charge >= 0.3 is 0 Å². The summed E-state index contributed by atoms with van der Waals surface area (Å²) in [7, 11) is 0. The normalized spacial score (nSPS) is 26.2. The number of morpholine rings is 1. The van der Waals surface area contributed by atoms with Crippen molar-refractivity contribution < 1.29 is 9.53 Å². The molecule has 0 bridgehead atoms. The van der Waals surface area contributed by atoms with Gasteiger partial charge in [-0.25, -0.2) is 0 Å². The standard InChI is InChI=1S/C18H23NO2/c20-18-16(13-15-5-2-1-3-6-15)7-4-8-17(18)14-19-9-11-21-12-10-19/h1-3,5-6,13,17H,4,7-12,14H2/b16-13+/t17-/m1/s1. The molecule has 1 heterocycles. The third kappa shape index (κ3) is 3.80. The van der Waals surface area contributed by atoms with Crippen LogP contribution in [0.1, 0.15) is 24.8 Å². The van der Waals surface area contributed by atoms with Crippen LogP contribution in [0.3, 0.4) is 0 Å². The van der Waals surface area contributed by atoms with Crippen LogP contribution < -0.4 is 0 Å². The van der Waals surface area contributed by atoms with Gasteiger partial charge in [-0.3, -0.25) is 9.69 Å². The SMILES string of the molecule is O=C1/C(=C/c2ccccc2)CCC[C@@H]1CN1CCOCC1. The van der Waals surface area contributed by atoms with Gasteiger partial charge in [-0.05, 0) is 36.5 Å². The Bertz CT molecular complexity index is 503. The maximum atomic E-state index is 12.7. The molecule has 0 aromatic heterocycles. The molecule has 2 aliphatic rings. The highest BCUT2D eigenvalue weighted by molar-refractivity contribution is 6.01. The van der Waals surface area contributed by atoms with Gasteiger partial charge in [0.15, 0.2) is 5.78 Å². The Kier molecular flexibility index (Phi) is 4.84. The van der Waals surface area contributed by atoms with Crippen molar-refractivity contribution in [2.75, 3.05) is 32.8 Å². The first-order valence-corrected chi connectivity index (χ1v) is 7.93. The summed E-state index contributed by atoms with van der Waals surface area (Å²) in [6.07, 6.45) is 5.16. The summed E-state index contributed by atoms with van der Waals surface area (Å²) in [6.45, 7) is 4.42. The number of Topliss-reactive ketones (excluding diaryl/α,β-unsaturated/α-hetero) is 1. The molecular weight excluding hydrogens is 262 g/mol. The fourth-order valence-electron chi connectivity index (χ4n) is 3.22. The van der Waals surface area contributed by atoms with Crippen LogP contribution in [0, 0.1) is 5.92 Å². The predicted molar refractivity (Wildman–Crippen MR) is 84.0 cm³/mol. The van der Waals surface area contributed by atoms with Crippen LogP contribution in [0.2, 0.25) is 0 Å². The number of nitrogens with zero attached hydrogens (tertiary/aromatic N) is 1. The number of allylic oxidation sites excluding steroid dienone is 1. The third-order valence-corrected chi connectivity index (χ3v) is 4.41. The first-order valence-electron chi connectivity index (χ1n) is 7.93. The summed E-state index contributed by atoms with van der Waals surface area (Å²) in [5.41, 5.74) is 2.14. The van der Waals surface area contributed by atoms with Crippen LogP contribution in [0.5, 0.6) is 0 Å². The lowest BCUT2D eigenvalue weighted by Gasteiger charge is -2.32. The zero-order valence-electron chi connectivity index (χ0n) is 12.5. The zero-order chi connectivity index (χ0) is 14.5. The third-order valence-electron chi connectivity index (χ3n) is 4.41. The minimum atomic E-state index is 0.173. The van der Waals surface area contributed by atoms with Crippen molar-refractivity contribution in [3.63, 3.8) is 0 Å². The summed E-state index contributed by atoms with van der Waals surface area (Å²) in [6, 6.07) is 10.2. The Morgan fingerprint density at radius 1 is 1.19 bits per heavy atom. The van der Waals surface area contributed by atoms with Gasteiger partial charge in [0, 0.05) is 25.6 Å². The minimum Gasteiger partial charge on any atom is -0.379 e. The van der Waals surface area contributed by atoms with Crippen molar-refractivity contribution in [1.82, 2.24) is 4.90 Å². The molecule has 1 saturated heterocycles. The van der Waals surface area contributed by atoms with Gasteiger partial charge in [0.2, 0.25) is 0 Å². The number of hydrogen-bond acceptors (Lipinski definition) is 3. The molecule has 1 saturated carbocycles. The largest absolute Gasteiger partial charge is 0.379 e. The van der Waals surface area contributed by atoms with Crippen molar-refractivity contribution in [3.8, 4) is 0 Å². The fourth-order valence-corrected chi connectivity index (χ4v) is 3.22. The molecule has 0 N–H and O–H groups in total. The first kappa shape index (κ1) is 14.5. The van der Waals surface area contributed by atoms with E-state index in [1.807, 2.05) is 18.2 Å². The molecule has 21 heavy (non-hydrogen) atoms. The molecule has 1 aliphatic carbocycles. The predicted octanol–water partition coefficient (Wildman–Crippen LogP) is 2.77. The smallest absolute Gasteiger partial charge is 0.163 e. The van der Waals surface area contributed by atoms with E-state index in [0.717, 1.165) is 63.2 Å². The molecule has 0 spiro atoms. The van der Waals surface area contributed by atoms with Crippen molar-refractivity contribution in [3.05, 3.63) is 41.5 Å². The van der Waals surface area contributed by atoms with E-state index in [-0.39, 0.29) is 5.92 Å². The Balaban J connectivity index is 1.67. The molecule has 3 nitrogen and oxygen atoms in total. The number of hydrogen-bond donors (Lipinski definition) is 0. The molecule has 112 valence electrons. The Labute approximate surface area is 126 Å². The van der Waals surface area contributed by atoms with Gasteiger partial charge in [0.1, 0.15) is 0 Å². The lowest BCUT2D eigenvalue weighted by Crippen LogP contribution is -2.42. The molecule has 0 amide bonds. The number of carbonyl (C=O) groups excluding carboxylic acids is 1. The Hall–Kier alpha value is -1.45. The molecule has 3 rings (SSSR count). The van der Waals surface area contributed by atoms with E-state index in [0.29, 0.717) is 5.78 Å². The Morgan fingerprint density at radius 3 is 2.71 bits per heavy atom. The van der Waals surface area contributed by atoms with Gasteiger partial charge in [-0.15, -0.1) is 0 Å². The molecule has 1 aromatic rings. The number of benzene rings is 1. The molecule has 1 atom stereocenters. The van der Waals surface area contributed by atoms with Gasteiger partial charge in [0.25, 0.3) is 0 Å². The van der Waals surface area contributed by atoms with Crippen LogP contribution in [0.25, 0.3) is 6.08 Å². The van der Waals surface area contributed by atoms with E-state index in [1.165, 1.54) is 0 Å². The minimum absolute atomic E-state index is 0.173. The van der Waals surface area contributed by atoms with Crippen molar-refractivity contribution in [2.45, 2.75) is 19.3 Å². The number of carbonyl (C=O) groups is 1. The lowest BCUT2D eigenvalue weighted by molar-refractivity contribution is -0.121.